The standard InChI is InChI=1S/C18H20N4O/c23-18(12-5-6-16-17(9-12)22-11-21-16)19-8-7-13-10-20-15-4-2-1-3-14(13)15/h1-4,10-12,20H,5-9H2,(H,19,23)(H,21,22)/t12-/m1/s1. The number of hydrogen-bond acceptors (Lipinski definition) is 2. The highest BCUT2D eigenvalue weighted by Crippen LogP contribution is 2.23. The van der Waals surface area contributed by atoms with Crippen LogP contribution in [0.25, 0.3) is 10.9 Å². The van der Waals surface area contributed by atoms with Gasteiger partial charge in [-0.25, -0.2) is 4.98 Å². The summed E-state index contributed by atoms with van der Waals surface area (Å²) in [5, 5.41) is 4.33. The molecule has 0 bridgehead atoms. The minimum Gasteiger partial charge on any atom is -0.361 e. The molecule has 0 saturated heterocycles. The van der Waals surface area contributed by atoms with Crippen LogP contribution in [0.5, 0.6) is 0 Å². The van der Waals surface area contributed by atoms with Gasteiger partial charge in [0, 0.05) is 41.7 Å². The number of para-hydroxylation sites is 1. The molecule has 1 amide bonds. The third-order valence-corrected chi connectivity index (χ3v) is 4.73. The summed E-state index contributed by atoms with van der Waals surface area (Å²) in [6.45, 7) is 0.674. The molecule has 0 unspecified atom stereocenters. The molecule has 3 N–H and O–H groups in total. The minimum atomic E-state index is 0.0610. The number of hydrogen-bond donors (Lipinski definition) is 3. The Labute approximate surface area is 134 Å². The van der Waals surface area contributed by atoms with Gasteiger partial charge in [-0.15, -0.1) is 0 Å². The van der Waals surface area contributed by atoms with Crippen LogP contribution in [-0.2, 0) is 24.1 Å². The van der Waals surface area contributed by atoms with Gasteiger partial charge in [-0.05, 0) is 30.9 Å². The first kappa shape index (κ1) is 14.1. The highest BCUT2D eigenvalue weighted by Gasteiger charge is 2.25. The SMILES string of the molecule is O=C(NCCc1c[nH]c2ccccc12)[C@@H]1CCc2nc[nH]c2C1. The number of carbonyl (C=O) groups excluding carboxylic acids is 1. The second-order valence-electron chi connectivity index (χ2n) is 6.17. The van der Waals surface area contributed by atoms with E-state index in [1.165, 1.54) is 10.9 Å². The molecule has 5 nitrogen and oxygen atoms in total. The lowest BCUT2D eigenvalue weighted by Crippen LogP contribution is -2.35. The van der Waals surface area contributed by atoms with Crippen LogP contribution in [0.15, 0.2) is 36.8 Å². The molecule has 0 spiro atoms. The summed E-state index contributed by atoms with van der Waals surface area (Å²) in [4.78, 5) is 23.1. The number of rotatable bonds is 4. The number of aryl methyl sites for hydroxylation is 1. The van der Waals surface area contributed by atoms with Gasteiger partial charge in [0.1, 0.15) is 0 Å². The van der Waals surface area contributed by atoms with Crippen molar-refractivity contribution in [1.29, 1.82) is 0 Å². The number of H-pyrrole nitrogens is 2. The van der Waals surface area contributed by atoms with E-state index < -0.39 is 0 Å². The lowest BCUT2D eigenvalue weighted by atomic mass is 9.89. The first-order valence-corrected chi connectivity index (χ1v) is 8.15. The Hall–Kier alpha value is -2.56. The highest BCUT2D eigenvalue weighted by molar-refractivity contribution is 5.83. The second-order valence-corrected chi connectivity index (χ2v) is 6.17. The predicted molar refractivity (Wildman–Crippen MR) is 89.1 cm³/mol. The Morgan fingerprint density at radius 1 is 1.30 bits per heavy atom. The zero-order valence-corrected chi connectivity index (χ0v) is 12.9. The number of fused-ring (bicyclic) bond motifs is 2. The van der Waals surface area contributed by atoms with Gasteiger partial charge in [0.25, 0.3) is 0 Å². The molecule has 1 aliphatic carbocycles. The van der Waals surface area contributed by atoms with Crippen LogP contribution in [0, 0.1) is 5.92 Å². The second kappa shape index (κ2) is 5.91. The van der Waals surface area contributed by atoms with Gasteiger partial charge in [0.15, 0.2) is 0 Å². The van der Waals surface area contributed by atoms with Crippen molar-refractivity contribution in [3.8, 4) is 0 Å². The maximum absolute atomic E-state index is 12.4. The summed E-state index contributed by atoms with van der Waals surface area (Å²) in [5.74, 6) is 0.219. The average Bonchev–Trinajstić information content (AvgIpc) is 3.21. The fraction of sp³-hybridized carbons (Fsp3) is 0.333. The van der Waals surface area contributed by atoms with Gasteiger partial charge in [-0.2, -0.15) is 0 Å². The van der Waals surface area contributed by atoms with E-state index in [4.69, 9.17) is 0 Å². The number of imidazole rings is 1. The lowest BCUT2D eigenvalue weighted by Gasteiger charge is -2.20. The van der Waals surface area contributed by atoms with Gasteiger partial charge in [-0.3, -0.25) is 4.79 Å². The van der Waals surface area contributed by atoms with E-state index in [2.05, 4.69) is 32.4 Å². The fourth-order valence-corrected chi connectivity index (χ4v) is 3.43. The van der Waals surface area contributed by atoms with Crippen LogP contribution in [0.4, 0.5) is 0 Å². The molecule has 3 aromatic rings. The minimum absolute atomic E-state index is 0.0610. The van der Waals surface area contributed by atoms with Crippen LogP contribution >= 0.6 is 0 Å². The Bertz CT molecular complexity index is 832. The summed E-state index contributed by atoms with van der Waals surface area (Å²) in [5.41, 5.74) is 4.63. The number of benzene rings is 1. The van der Waals surface area contributed by atoms with E-state index in [0.29, 0.717) is 6.54 Å². The summed E-state index contributed by atoms with van der Waals surface area (Å²) in [6.07, 6.45) is 7.15. The van der Waals surface area contributed by atoms with Crippen LogP contribution in [-0.4, -0.2) is 27.4 Å². The van der Waals surface area contributed by atoms with Gasteiger partial charge < -0.3 is 15.3 Å². The van der Waals surface area contributed by atoms with Crippen LogP contribution in [0.1, 0.15) is 23.4 Å². The molecule has 1 aliphatic rings. The molecule has 118 valence electrons. The Balaban J connectivity index is 1.34. The largest absolute Gasteiger partial charge is 0.361 e. The van der Waals surface area contributed by atoms with Crippen molar-refractivity contribution in [2.45, 2.75) is 25.7 Å². The summed E-state index contributed by atoms with van der Waals surface area (Å²) >= 11 is 0. The molecule has 1 aromatic carbocycles. The Morgan fingerprint density at radius 3 is 3.17 bits per heavy atom. The number of amides is 1. The van der Waals surface area contributed by atoms with E-state index in [1.807, 2.05) is 18.3 Å². The molecule has 23 heavy (non-hydrogen) atoms. The van der Waals surface area contributed by atoms with Crippen molar-refractivity contribution in [2.75, 3.05) is 6.54 Å². The molecule has 0 radical (unpaired) electrons. The number of aromatic amines is 2. The summed E-state index contributed by atoms with van der Waals surface area (Å²) in [7, 11) is 0. The van der Waals surface area contributed by atoms with Crippen LogP contribution in [0.2, 0.25) is 0 Å². The quantitative estimate of drug-likeness (QED) is 0.692. The fourth-order valence-electron chi connectivity index (χ4n) is 3.43. The van der Waals surface area contributed by atoms with Crippen molar-refractivity contribution >= 4 is 16.8 Å². The van der Waals surface area contributed by atoms with Crippen molar-refractivity contribution in [3.63, 3.8) is 0 Å². The molecular formula is C18H20N4O. The molecular weight excluding hydrogens is 288 g/mol. The third-order valence-electron chi connectivity index (χ3n) is 4.73. The van der Waals surface area contributed by atoms with Crippen LogP contribution in [0.3, 0.4) is 0 Å². The van der Waals surface area contributed by atoms with Gasteiger partial charge in [0.05, 0.1) is 12.0 Å². The van der Waals surface area contributed by atoms with Crippen molar-refractivity contribution in [3.05, 3.63) is 53.7 Å². The predicted octanol–water partition coefficient (Wildman–Crippen LogP) is 2.35. The Morgan fingerprint density at radius 2 is 2.22 bits per heavy atom. The normalized spacial score (nSPS) is 17.1. The molecule has 0 fully saturated rings. The highest BCUT2D eigenvalue weighted by atomic mass is 16.1. The van der Waals surface area contributed by atoms with Crippen molar-refractivity contribution in [2.24, 2.45) is 5.92 Å². The lowest BCUT2D eigenvalue weighted by molar-refractivity contribution is -0.125. The third kappa shape index (κ3) is 2.74. The van der Waals surface area contributed by atoms with E-state index in [-0.39, 0.29) is 11.8 Å². The van der Waals surface area contributed by atoms with E-state index in [1.54, 1.807) is 6.33 Å². The molecule has 0 saturated carbocycles. The number of carbonyl (C=O) groups is 1. The van der Waals surface area contributed by atoms with Gasteiger partial charge in [0.2, 0.25) is 5.91 Å². The van der Waals surface area contributed by atoms with Gasteiger partial charge >= 0.3 is 0 Å². The maximum atomic E-state index is 12.4. The first-order chi connectivity index (χ1) is 11.3. The molecule has 0 aliphatic heterocycles. The van der Waals surface area contributed by atoms with Crippen molar-refractivity contribution < 1.29 is 4.79 Å². The molecule has 2 aromatic heterocycles. The summed E-state index contributed by atoms with van der Waals surface area (Å²) < 4.78 is 0. The Kier molecular flexibility index (Phi) is 3.61. The molecule has 4 rings (SSSR count). The first-order valence-electron chi connectivity index (χ1n) is 8.15. The molecule has 5 heteroatoms. The van der Waals surface area contributed by atoms with E-state index >= 15 is 0 Å². The molecule has 1 atom stereocenters. The number of aromatic nitrogens is 3. The average molecular weight is 308 g/mol. The zero-order valence-electron chi connectivity index (χ0n) is 12.9. The van der Waals surface area contributed by atoms with Gasteiger partial charge in [-0.1, -0.05) is 18.2 Å². The van der Waals surface area contributed by atoms with E-state index in [9.17, 15) is 4.79 Å². The number of nitrogens with zero attached hydrogens (tertiary/aromatic N) is 1. The monoisotopic (exact) mass is 308 g/mol. The smallest absolute Gasteiger partial charge is 0.223 e. The topological polar surface area (TPSA) is 73.6 Å². The number of nitrogens with one attached hydrogen (secondary N) is 3. The summed E-state index contributed by atoms with van der Waals surface area (Å²) in [6, 6.07) is 8.25. The van der Waals surface area contributed by atoms with E-state index in [0.717, 1.165) is 42.6 Å². The molecule has 2 heterocycles. The van der Waals surface area contributed by atoms with Crippen LogP contribution < -0.4 is 5.32 Å². The van der Waals surface area contributed by atoms with Crippen molar-refractivity contribution in [1.82, 2.24) is 20.3 Å². The maximum Gasteiger partial charge on any atom is 0.223 e. The zero-order chi connectivity index (χ0) is 15.6.